The van der Waals surface area contributed by atoms with Crippen LogP contribution >= 0.6 is 0 Å². The van der Waals surface area contributed by atoms with Crippen LogP contribution in [0.2, 0.25) is 0 Å². The van der Waals surface area contributed by atoms with Gasteiger partial charge in [-0.15, -0.1) is 0 Å². The summed E-state index contributed by atoms with van der Waals surface area (Å²) in [6.45, 7) is 5.98. The van der Waals surface area contributed by atoms with Crippen LogP contribution in [0.4, 0.5) is 0 Å². The fraction of sp³-hybridized carbons (Fsp3) is 0.500. The van der Waals surface area contributed by atoms with Crippen LogP contribution in [0.5, 0.6) is 0 Å². The van der Waals surface area contributed by atoms with Crippen LogP contribution < -0.4 is 0 Å². The third-order valence-electron chi connectivity index (χ3n) is 4.11. The summed E-state index contributed by atoms with van der Waals surface area (Å²) in [4.78, 5) is 14.0. The number of rotatable bonds is 4. The van der Waals surface area contributed by atoms with E-state index in [1.54, 1.807) is 6.08 Å². The van der Waals surface area contributed by atoms with Crippen molar-refractivity contribution < 1.29 is 9.90 Å². The molecule has 1 saturated heterocycles. The molecule has 3 nitrogen and oxygen atoms in total. The van der Waals surface area contributed by atoms with Gasteiger partial charge in [-0.2, -0.15) is 0 Å². The normalized spacial score (nSPS) is 19.4. The average molecular weight is 287 g/mol. The molecule has 1 heterocycles. The Bertz CT molecular complexity index is 490. The zero-order valence-corrected chi connectivity index (χ0v) is 13.0. The van der Waals surface area contributed by atoms with Gasteiger partial charge in [0.15, 0.2) is 0 Å². The molecule has 1 aromatic rings. The molecule has 1 atom stereocenters. The van der Waals surface area contributed by atoms with Crippen LogP contribution in [0, 0.1) is 5.92 Å². The highest BCUT2D eigenvalue weighted by molar-refractivity contribution is 5.91. The van der Waals surface area contributed by atoms with Crippen molar-refractivity contribution >= 4 is 12.0 Å². The predicted molar refractivity (Wildman–Crippen MR) is 86.0 cm³/mol. The quantitative estimate of drug-likeness (QED) is 0.865. The Morgan fingerprint density at radius 1 is 1.38 bits per heavy atom. The Labute approximate surface area is 127 Å². The number of carbonyl (C=O) groups is 1. The van der Waals surface area contributed by atoms with Crippen molar-refractivity contribution in [3.63, 3.8) is 0 Å². The fourth-order valence-electron chi connectivity index (χ4n) is 2.68. The zero-order chi connectivity index (χ0) is 15.2. The molecule has 0 bridgehead atoms. The second kappa shape index (κ2) is 7.41. The van der Waals surface area contributed by atoms with Crippen LogP contribution in [0.25, 0.3) is 6.08 Å². The van der Waals surface area contributed by atoms with Gasteiger partial charge in [-0.1, -0.05) is 38.1 Å². The van der Waals surface area contributed by atoms with E-state index in [-0.39, 0.29) is 18.4 Å². The second-order valence-corrected chi connectivity index (χ2v) is 6.13. The summed E-state index contributed by atoms with van der Waals surface area (Å²) in [5, 5.41) is 9.21. The number of nitrogens with zero attached hydrogens (tertiary/aromatic N) is 1. The summed E-state index contributed by atoms with van der Waals surface area (Å²) in [6.07, 6.45) is 5.51. The maximum absolute atomic E-state index is 12.2. The van der Waals surface area contributed by atoms with Gasteiger partial charge in [-0.3, -0.25) is 4.79 Å². The number of aliphatic hydroxyl groups is 1. The third-order valence-corrected chi connectivity index (χ3v) is 4.11. The molecule has 1 unspecified atom stereocenters. The summed E-state index contributed by atoms with van der Waals surface area (Å²) >= 11 is 0. The number of carbonyl (C=O) groups excluding carboxylic acids is 1. The number of hydrogen-bond donors (Lipinski definition) is 1. The molecule has 0 radical (unpaired) electrons. The van der Waals surface area contributed by atoms with E-state index >= 15 is 0 Å². The number of amides is 1. The molecule has 1 aliphatic heterocycles. The van der Waals surface area contributed by atoms with E-state index in [0.717, 1.165) is 24.9 Å². The van der Waals surface area contributed by atoms with E-state index in [0.29, 0.717) is 12.5 Å². The smallest absolute Gasteiger partial charge is 0.246 e. The number of hydrogen-bond acceptors (Lipinski definition) is 2. The molecule has 1 N–H and O–H groups in total. The molecular weight excluding hydrogens is 262 g/mol. The minimum absolute atomic E-state index is 0.0427. The molecule has 1 aliphatic rings. The molecular formula is C18H25NO2. The van der Waals surface area contributed by atoms with Gasteiger partial charge in [0.25, 0.3) is 0 Å². The lowest BCUT2D eigenvalue weighted by Gasteiger charge is -2.31. The Balaban J connectivity index is 1.95. The van der Waals surface area contributed by atoms with E-state index in [9.17, 15) is 9.90 Å². The molecule has 1 aromatic carbocycles. The van der Waals surface area contributed by atoms with Gasteiger partial charge in [-0.05, 0) is 41.9 Å². The van der Waals surface area contributed by atoms with Gasteiger partial charge in [-0.25, -0.2) is 0 Å². The molecule has 0 saturated carbocycles. The Hall–Kier alpha value is -1.61. The lowest BCUT2D eigenvalue weighted by Crippen LogP contribution is -2.40. The number of likely N-dealkylation sites (tertiary alicyclic amines) is 1. The maximum Gasteiger partial charge on any atom is 0.246 e. The van der Waals surface area contributed by atoms with Crippen LogP contribution in [0.15, 0.2) is 30.3 Å². The third kappa shape index (κ3) is 4.43. The van der Waals surface area contributed by atoms with E-state index in [2.05, 4.69) is 26.0 Å². The highest BCUT2D eigenvalue weighted by Crippen LogP contribution is 2.17. The van der Waals surface area contributed by atoms with Crippen LogP contribution in [0.1, 0.15) is 43.7 Å². The molecule has 1 fully saturated rings. The van der Waals surface area contributed by atoms with Gasteiger partial charge >= 0.3 is 0 Å². The summed E-state index contributed by atoms with van der Waals surface area (Å²) in [7, 11) is 0. The lowest BCUT2D eigenvalue weighted by molar-refractivity contribution is -0.127. The summed E-state index contributed by atoms with van der Waals surface area (Å²) in [5.74, 6) is 0.802. The fourth-order valence-corrected chi connectivity index (χ4v) is 2.68. The monoisotopic (exact) mass is 287 g/mol. The van der Waals surface area contributed by atoms with E-state index in [4.69, 9.17) is 0 Å². The van der Waals surface area contributed by atoms with Crippen LogP contribution in [0.3, 0.4) is 0 Å². The van der Waals surface area contributed by atoms with Gasteiger partial charge in [0.05, 0.1) is 0 Å². The Kier molecular flexibility index (Phi) is 5.57. The van der Waals surface area contributed by atoms with Gasteiger partial charge in [0.1, 0.15) is 0 Å². The Morgan fingerprint density at radius 2 is 2.10 bits per heavy atom. The molecule has 1 amide bonds. The molecule has 114 valence electrons. The van der Waals surface area contributed by atoms with Crippen molar-refractivity contribution in [2.75, 3.05) is 19.7 Å². The summed E-state index contributed by atoms with van der Waals surface area (Å²) in [5.41, 5.74) is 2.35. The standard InChI is InChI=1S/C18H25NO2/c1-14(2)17-8-5-15(6-9-17)7-10-18(21)19-11-3-4-16(12-19)13-20/h5-10,14,16,20H,3-4,11-13H2,1-2H3/b10-7+. The SMILES string of the molecule is CC(C)c1ccc(/C=C/C(=O)N2CCCC(CO)C2)cc1. The van der Waals surface area contributed by atoms with Gasteiger partial charge in [0, 0.05) is 25.8 Å². The second-order valence-electron chi connectivity index (χ2n) is 6.13. The molecule has 21 heavy (non-hydrogen) atoms. The first-order valence-corrected chi connectivity index (χ1v) is 7.78. The van der Waals surface area contributed by atoms with Crippen molar-refractivity contribution in [1.82, 2.24) is 4.90 Å². The van der Waals surface area contributed by atoms with Crippen molar-refractivity contribution in [3.8, 4) is 0 Å². The highest BCUT2D eigenvalue weighted by Gasteiger charge is 2.21. The predicted octanol–water partition coefficient (Wildman–Crippen LogP) is 3.05. The van der Waals surface area contributed by atoms with E-state index < -0.39 is 0 Å². The van der Waals surface area contributed by atoms with Crippen molar-refractivity contribution in [3.05, 3.63) is 41.5 Å². The highest BCUT2D eigenvalue weighted by atomic mass is 16.3. The first-order chi connectivity index (χ1) is 10.1. The van der Waals surface area contributed by atoms with Crippen LogP contribution in [-0.4, -0.2) is 35.6 Å². The van der Waals surface area contributed by atoms with Crippen molar-refractivity contribution in [2.45, 2.75) is 32.6 Å². The van der Waals surface area contributed by atoms with Gasteiger partial charge < -0.3 is 10.0 Å². The van der Waals surface area contributed by atoms with E-state index in [1.165, 1.54) is 5.56 Å². The number of piperidine rings is 1. The lowest BCUT2D eigenvalue weighted by atomic mass is 9.99. The zero-order valence-electron chi connectivity index (χ0n) is 13.0. The minimum Gasteiger partial charge on any atom is -0.396 e. The summed E-state index contributed by atoms with van der Waals surface area (Å²) < 4.78 is 0. The number of aliphatic hydroxyl groups excluding tert-OH is 1. The first kappa shape index (κ1) is 15.8. The van der Waals surface area contributed by atoms with Crippen molar-refractivity contribution in [2.24, 2.45) is 5.92 Å². The minimum atomic E-state index is 0.0427. The molecule has 0 aliphatic carbocycles. The average Bonchev–Trinajstić information content (AvgIpc) is 2.53. The first-order valence-electron chi connectivity index (χ1n) is 7.78. The van der Waals surface area contributed by atoms with E-state index in [1.807, 2.05) is 23.1 Å². The topological polar surface area (TPSA) is 40.5 Å². The largest absolute Gasteiger partial charge is 0.396 e. The van der Waals surface area contributed by atoms with Gasteiger partial charge in [0.2, 0.25) is 5.91 Å². The summed E-state index contributed by atoms with van der Waals surface area (Å²) in [6, 6.07) is 8.31. The van der Waals surface area contributed by atoms with Crippen molar-refractivity contribution in [1.29, 1.82) is 0 Å². The Morgan fingerprint density at radius 3 is 2.71 bits per heavy atom. The maximum atomic E-state index is 12.2. The molecule has 0 spiro atoms. The molecule has 0 aromatic heterocycles. The van der Waals surface area contributed by atoms with Crippen LogP contribution in [-0.2, 0) is 4.79 Å². The molecule has 3 heteroatoms. The molecule has 2 rings (SSSR count). The number of benzene rings is 1.